The highest BCUT2D eigenvalue weighted by molar-refractivity contribution is 5.96. The number of hydrogen-bond acceptors (Lipinski definition) is 5. The molecule has 0 saturated carbocycles. The van der Waals surface area contributed by atoms with Crippen LogP contribution in [-0.4, -0.2) is 38.3 Å². The summed E-state index contributed by atoms with van der Waals surface area (Å²) < 4.78 is 10.8. The Morgan fingerprint density at radius 1 is 1.11 bits per heavy atom. The van der Waals surface area contributed by atoms with Crippen molar-refractivity contribution in [3.8, 4) is 11.5 Å². The average molecular weight is 383 g/mol. The van der Waals surface area contributed by atoms with Crippen LogP contribution in [0.15, 0.2) is 53.6 Å². The summed E-state index contributed by atoms with van der Waals surface area (Å²) in [4.78, 5) is 23.9. The lowest BCUT2D eigenvalue weighted by Gasteiger charge is -2.07. The molecule has 0 radical (unpaired) electrons. The molecule has 0 aliphatic heterocycles. The molecule has 2 N–H and O–H groups in total. The van der Waals surface area contributed by atoms with Crippen LogP contribution in [0.3, 0.4) is 0 Å². The van der Waals surface area contributed by atoms with Crippen LogP contribution in [-0.2, 0) is 4.79 Å². The minimum Gasteiger partial charge on any atom is -0.496 e. The maximum atomic E-state index is 12.1. The van der Waals surface area contributed by atoms with E-state index in [0.717, 1.165) is 18.4 Å². The lowest BCUT2D eigenvalue weighted by molar-refractivity contribution is -0.120. The molecule has 7 nitrogen and oxygen atoms in total. The van der Waals surface area contributed by atoms with E-state index in [1.165, 1.54) is 6.21 Å². The molecular weight excluding hydrogens is 358 g/mol. The normalized spacial score (nSPS) is 10.5. The zero-order valence-electron chi connectivity index (χ0n) is 16.1. The van der Waals surface area contributed by atoms with Gasteiger partial charge in [0.25, 0.3) is 11.8 Å². The molecule has 0 unspecified atom stereocenters. The van der Waals surface area contributed by atoms with Crippen molar-refractivity contribution in [2.75, 3.05) is 20.3 Å². The first kappa shape index (κ1) is 21.0. The van der Waals surface area contributed by atoms with Crippen LogP contribution in [0, 0.1) is 0 Å². The molecule has 0 fully saturated rings. The summed E-state index contributed by atoms with van der Waals surface area (Å²) in [6, 6.07) is 14.1. The first-order chi connectivity index (χ1) is 13.6. The number of para-hydroxylation sites is 1. The van der Waals surface area contributed by atoms with Gasteiger partial charge in [-0.05, 0) is 42.8 Å². The number of ether oxygens (including phenoxy) is 2. The van der Waals surface area contributed by atoms with E-state index in [4.69, 9.17) is 9.47 Å². The molecule has 0 spiro atoms. The molecule has 0 bridgehead atoms. The molecule has 0 atom stereocenters. The Labute approximate surface area is 164 Å². The number of rotatable bonds is 10. The Balaban J connectivity index is 1.77. The van der Waals surface area contributed by atoms with Crippen LogP contribution in [0.4, 0.5) is 0 Å². The maximum absolute atomic E-state index is 12.1. The number of unbranched alkanes of at least 4 members (excludes halogenated alkanes) is 1. The molecule has 0 aliphatic rings. The van der Waals surface area contributed by atoms with Crippen molar-refractivity contribution >= 4 is 18.0 Å². The van der Waals surface area contributed by atoms with Crippen molar-refractivity contribution < 1.29 is 19.1 Å². The molecular formula is C21H25N3O4. The Kier molecular flexibility index (Phi) is 8.52. The first-order valence-corrected chi connectivity index (χ1v) is 9.10. The smallest absolute Gasteiger partial charge is 0.259 e. The largest absolute Gasteiger partial charge is 0.496 e. The zero-order valence-corrected chi connectivity index (χ0v) is 16.1. The van der Waals surface area contributed by atoms with Gasteiger partial charge in [-0.2, -0.15) is 5.10 Å². The van der Waals surface area contributed by atoms with Crippen molar-refractivity contribution in [3.63, 3.8) is 0 Å². The first-order valence-electron chi connectivity index (χ1n) is 9.10. The van der Waals surface area contributed by atoms with Crippen molar-refractivity contribution in [3.05, 3.63) is 59.7 Å². The van der Waals surface area contributed by atoms with Crippen LogP contribution >= 0.6 is 0 Å². The van der Waals surface area contributed by atoms with E-state index in [2.05, 4.69) is 22.8 Å². The second-order valence-electron chi connectivity index (χ2n) is 5.94. The Hall–Kier alpha value is -3.35. The SMILES string of the molecule is CCCCOc1ccc(C(=O)NCC(=O)N/N=C\c2ccccc2OC)cc1. The fourth-order valence-electron chi connectivity index (χ4n) is 2.29. The summed E-state index contributed by atoms with van der Waals surface area (Å²) >= 11 is 0. The maximum Gasteiger partial charge on any atom is 0.259 e. The number of benzene rings is 2. The summed E-state index contributed by atoms with van der Waals surface area (Å²) in [5, 5.41) is 6.43. The number of amides is 2. The van der Waals surface area contributed by atoms with E-state index >= 15 is 0 Å². The van der Waals surface area contributed by atoms with Crippen molar-refractivity contribution in [2.45, 2.75) is 19.8 Å². The third-order valence-corrected chi connectivity index (χ3v) is 3.82. The number of methoxy groups -OCH3 is 1. The number of carbonyl (C=O) groups excluding carboxylic acids is 2. The minimum atomic E-state index is -0.431. The highest BCUT2D eigenvalue weighted by Crippen LogP contribution is 2.14. The molecule has 2 aromatic carbocycles. The van der Waals surface area contributed by atoms with Crippen LogP contribution < -0.4 is 20.2 Å². The number of nitrogens with one attached hydrogen (secondary N) is 2. The van der Waals surface area contributed by atoms with Crippen molar-refractivity contribution in [1.29, 1.82) is 0 Å². The third-order valence-electron chi connectivity index (χ3n) is 3.82. The monoisotopic (exact) mass is 383 g/mol. The molecule has 148 valence electrons. The molecule has 0 heterocycles. The topological polar surface area (TPSA) is 89.0 Å². The average Bonchev–Trinajstić information content (AvgIpc) is 2.73. The Bertz CT molecular complexity index is 804. The van der Waals surface area contributed by atoms with Gasteiger partial charge in [-0.3, -0.25) is 9.59 Å². The van der Waals surface area contributed by atoms with Crippen LogP contribution in [0.2, 0.25) is 0 Å². The van der Waals surface area contributed by atoms with E-state index in [9.17, 15) is 9.59 Å². The van der Waals surface area contributed by atoms with E-state index in [1.54, 1.807) is 37.4 Å². The second-order valence-corrected chi connectivity index (χ2v) is 5.94. The van der Waals surface area contributed by atoms with E-state index in [-0.39, 0.29) is 12.5 Å². The third kappa shape index (κ3) is 6.75. The molecule has 0 saturated heterocycles. The van der Waals surface area contributed by atoms with Crippen LogP contribution in [0.25, 0.3) is 0 Å². The Morgan fingerprint density at radius 2 is 1.86 bits per heavy atom. The fourth-order valence-corrected chi connectivity index (χ4v) is 2.29. The molecule has 2 aromatic rings. The van der Waals surface area contributed by atoms with E-state index < -0.39 is 5.91 Å². The van der Waals surface area contributed by atoms with Gasteiger partial charge < -0.3 is 14.8 Å². The number of hydrazone groups is 1. The molecule has 0 aromatic heterocycles. The van der Waals surface area contributed by atoms with Gasteiger partial charge in [0.05, 0.1) is 26.5 Å². The lowest BCUT2D eigenvalue weighted by Crippen LogP contribution is -2.34. The fraction of sp³-hybridized carbons (Fsp3) is 0.286. The van der Waals surface area contributed by atoms with Gasteiger partial charge in [0.2, 0.25) is 0 Å². The predicted octanol–water partition coefficient (Wildman–Crippen LogP) is 2.75. The highest BCUT2D eigenvalue weighted by atomic mass is 16.5. The predicted molar refractivity (Wildman–Crippen MR) is 108 cm³/mol. The molecule has 28 heavy (non-hydrogen) atoms. The van der Waals surface area contributed by atoms with Gasteiger partial charge in [-0.1, -0.05) is 25.5 Å². The summed E-state index contributed by atoms with van der Waals surface area (Å²) in [5.74, 6) is 0.590. The minimum absolute atomic E-state index is 0.184. The molecule has 2 amide bonds. The zero-order chi connectivity index (χ0) is 20.2. The number of hydrogen-bond donors (Lipinski definition) is 2. The number of nitrogens with zero attached hydrogens (tertiary/aromatic N) is 1. The summed E-state index contributed by atoms with van der Waals surface area (Å²) in [6.07, 6.45) is 3.53. The van der Waals surface area contributed by atoms with Crippen LogP contribution in [0.1, 0.15) is 35.7 Å². The lowest BCUT2D eigenvalue weighted by atomic mass is 10.2. The molecule has 7 heteroatoms. The van der Waals surface area contributed by atoms with Crippen molar-refractivity contribution in [1.82, 2.24) is 10.7 Å². The quantitative estimate of drug-likeness (QED) is 0.375. The standard InChI is InChI=1S/C21H25N3O4/c1-3-4-13-28-18-11-9-16(10-12-18)21(26)22-15-20(25)24-23-14-17-7-5-6-8-19(17)27-2/h5-12,14H,3-4,13,15H2,1-2H3,(H,22,26)(H,24,25)/b23-14-. The summed E-state index contributed by atoms with van der Waals surface area (Å²) in [7, 11) is 1.56. The summed E-state index contributed by atoms with van der Waals surface area (Å²) in [5.41, 5.74) is 3.55. The van der Waals surface area contributed by atoms with Crippen molar-refractivity contribution in [2.24, 2.45) is 5.10 Å². The van der Waals surface area contributed by atoms with Gasteiger partial charge in [0.1, 0.15) is 11.5 Å². The molecule has 0 aliphatic carbocycles. The molecule has 2 rings (SSSR count). The van der Waals surface area contributed by atoms with Gasteiger partial charge in [-0.15, -0.1) is 0 Å². The van der Waals surface area contributed by atoms with Crippen LogP contribution in [0.5, 0.6) is 11.5 Å². The van der Waals surface area contributed by atoms with Gasteiger partial charge in [0, 0.05) is 11.1 Å². The van der Waals surface area contributed by atoms with E-state index in [1.807, 2.05) is 18.2 Å². The highest BCUT2D eigenvalue weighted by Gasteiger charge is 2.08. The Morgan fingerprint density at radius 3 is 2.57 bits per heavy atom. The van der Waals surface area contributed by atoms with Gasteiger partial charge >= 0.3 is 0 Å². The number of carbonyl (C=O) groups is 2. The van der Waals surface area contributed by atoms with E-state index in [0.29, 0.717) is 23.7 Å². The second kappa shape index (κ2) is 11.4. The van der Waals surface area contributed by atoms with Gasteiger partial charge in [0.15, 0.2) is 0 Å². The van der Waals surface area contributed by atoms with Gasteiger partial charge in [-0.25, -0.2) is 5.43 Å². The summed E-state index contributed by atoms with van der Waals surface area (Å²) in [6.45, 7) is 2.56.